The number of carbonyl (C=O) groups excluding carboxylic acids is 2. The minimum atomic E-state index is -4.63. The van der Waals surface area contributed by atoms with Gasteiger partial charge in [-0.2, -0.15) is 13.2 Å². The van der Waals surface area contributed by atoms with Gasteiger partial charge in [0.2, 0.25) is 0 Å². The third-order valence-electron chi connectivity index (χ3n) is 6.52. The van der Waals surface area contributed by atoms with Crippen molar-refractivity contribution in [1.82, 2.24) is 19.9 Å². The van der Waals surface area contributed by atoms with Crippen LogP contribution in [-0.4, -0.2) is 49.8 Å². The average Bonchev–Trinajstić information content (AvgIpc) is 3.24. The molecule has 0 saturated heterocycles. The molecule has 9 nitrogen and oxygen atoms in total. The number of carbonyl (C=O) groups is 2. The molecule has 0 saturated carbocycles. The molecule has 1 aromatic carbocycles. The first kappa shape index (κ1) is 33.0. The van der Waals surface area contributed by atoms with E-state index >= 15 is 0 Å². The summed E-state index contributed by atoms with van der Waals surface area (Å²) in [5.41, 5.74) is 8.54. The molecule has 2 amide bonds. The van der Waals surface area contributed by atoms with Gasteiger partial charge >= 0.3 is 6.18 Å². The molecule has 0 radical (unpaired) electrons. The lowest BCUT2D eigenvalue weighted by molar-refractivity contribution is -0.123. The normalized spacial score (nSPS) is 11.6. The molecule has 3 heterocycles. The van der Waals surface area contributed by atoms with E-state index in [1.54, 1.807) is 42.1 Å². The summed E-state index contributed by atoms with van der Waals surface area (Å²) in [4.78, 5) is 32.7. The molecule has 14 heteroatoms. The van der Waals surface area contributed by atoms with Crippen molar-refractivity contribution in [3.05, 3.63) is 70.9 Å². The monoisotopic (exact) mass is 642 g/mol. The number of nitrogens with two attached hydrogens (primary N) is 1. The van der Waals surface area contributed by atoms with Gasteiger partial charge in [-0.05, 0) is 44.5 Å². The van der Waals surface area contributed by atoms with Gasteiger partial charge in [0.25, 0.3) is 11.8 Å². The van der Waals surface area contributed by atoms with E-state index in [2.05, 4.69) is 33.7 Å². The Morgan fingerprint density at radius 1 is 1.18 bits per heavy atom. The van der Waals surface area contributed by atoms with Crippen LogP contribution in [0.3, 0.4) is 0 Å². The lowest BCUT2D eigenvalue weighted by Gasteiger charge is -2.14. The summed E-state index contributed by atoms with van der Waals surface area (Å²) in [7, 11) is 1.74. The number of pyridine rings is 2. The van der Waals surface area contributed by atoms with Gasteiger partial charge < -0.3 is 26.0 Å². The Labute approximate surface area is 260 Å². The van der Waals surface area contributed by atoms with Crippen molar-refractivity contribution in [2.24, 2.45) is 7.05 Å². The van der Waals surface area contributed by atoms with E-state index in [1.807, 2.05) is 0 Å². The number of aromatic nitrogens is 3. The highest BCUT2D eigenvalue weighted by Crippen LogP contribution is 2.45. The number of amides is 2. The minimum Gasteiger partial charge on any atom is -0.383 e. The minimum absolute atomic E-state index is 0.0989. The van der Waals surface area contributed by atoms with Crippen molar-refractivity contribution in [2.75, 3.05) is 17.6 Å². The molecular formula is C31H27ClF4N6O3. The SMILES string of the molecule is C=C(F)C(=O)Nc1ccc(-c2c(-c3cnc(C(=O)NCC(F)(F)F)c(Cl)c3)c3c(N)ncc(C#CC(C)(C)O)c3n2C)c(C)c1. The quantitative estimate of drug-likeness (QED) is 0.121. The van der Waals surface area contributed by atoms with Gasteiger partial charge in [-0.1, -0.05) is 36.1 Å². The Kier molecular flexibility index (Phi) is 8.95. The highest BCUT2D eigenvalue weighted by Gasteiger charge is 2.29. The fourth-order valence-electron chi connectivity index (χ4n) is 4.63. The molecule has 0 aliphatic carbocycles. The predicted octanol–water partition coefficient (Wildman–Crippen LogP) is 5.68. The van der Waals surface area contributed by atoms with Crippen LogP contribution in [0, 0.1) is 18.8 Å². The molecule has 0 bridgehead atoms. The zero-order valence-electron chi connectivity index (χ0n) is 24.5. The van der Waals surface area contributed by atoms with Gasteiger partial charge in [-0.15, -0.1) is 0 Å². The number of benzene rings is 1. The number of nitrogen functional groups attached to an aromatic ring is 1. The van der Waals surface area contributed by atoms with Crippen LogP contribution in [0.15, 0.2) is 49.1 Å². The van der Waals surface area contributed by atoms with Gasteiger partial charge in [0.05, 0.1) is 27.2 Å². The second-order valence-electron chi connectivity index (χ2n) is 10.6. The summed E-state index contributed by atoms with van der Waals surface area (Å²) in [6, 6.07) is 6.23. The lowest BCUT2D eigenvalue weighted by Crippen LogP contribution is -2.34. The van der Waals surface area contributed by atoms with Crippen molar-refractivity contribution in [1.29, 1.82) is 0 Å². The van der Waals surface area contributed by atoms with Crippen LogP contribution in [-0.2, 0) is 11.8 Å². The summed E-state index contributed by atoms with van der Waals surface area (Å²) < 4.78 is 53.1. The summed E-state index contributed by atoms with van der Waals surface area (Å²) in [6.45, 7) is 6.22. The molecule has 0 spiro atoms. The number of halogens is 5. The standard InChI is InChI=1S/C31H27ClF4N6O3/c1-15-10-19(41-28(43)16(2)33)6-7-20(15)26-22(18-11-21(32)24(38-13-18)29(44)40-14-31(34,35)36)23-25(42(26)5)17(12-39-27(23)37)8-9-30(3,4)45/h6-7,10-13,45H,2,14H2,1,3-5H3,(H2,37,39)(H,40,44)(H,41,43). The molecular weight excluding hydrogens is 616 g/mol. The maximum absolute atomic E-state index is 13.3. The van der Waals surface area contributed by atoms with Crippen molar-refractivity contribution in [3.8, 4) is 34.2 Å². The van der Waals surface area contributed by atoms with Crippen LogP contribution in [0.25, 0.3) is 33.3 Å². The Bertz CT molecular complexity index is 1930. The number of fused-ring (bicyclic) bond motifs is 1. The Balaban J connectivity index is 1.99. The van der Waals surface area contributed by atoms with Gasteiger partial charge in [-0.3, -0.25) is 9.59 Å². The molecule has 0 aliphatic rings. The zero-order chi connectivity index (χ0) is 33.4. The van der Waals surface area contributed by atoms with Crippen LogP contribution < -0.4 is 16.4 Å². The van der Waals surface area contributed by atoms with Crippen molar-refractivity contribution < 1.29 is 32.3 Å². The Hall–Kier alpha value is -4.93. The van der Waals surface area contributed by atoms with Crippen molar-refractivity contribution in [3.63, 3.8) is 0 Å². The zero-order valence-corrected chi connectivity index (χ0v) is 25.2. The highest BCUT2D eigenvalue weighted by molar-refractivity contribution is 6.34. The average molecular weight is 643 g/mol. The second-order valence-corrected chi connectivity index (χ2v) is 11.0. The smallest absolute Gasteiger partial charge is 0.383 e. The van der Waals surface area contributed by atoms with Crippen LogP contribution in [0.4, 0.5) is 29.1 Å². The fraction of sp³-hybridized carbons (Fsp3) is 0.226. The van der Waals surface area contributed by atoms with Crippen LogP contribution in [0.5, 0.6) is 0 Å². The first-order valence-electron chi connectivity index (χ1n) is 13.2. The van der Waals surface area contributed by atoms with Crippen LogP contribution in [0.1, 0.15) is 35.5 Å². The first-order valence-corrected chi connectivity index (χ1v) is 13.6. The van der Waals surface area contributed by atoms with Gasteiger partial charge in [-0.25, -0.2) is 14.4 Å². The summed E-state index contributed by atoms with van der Waals surface area (Å²) >= 11 is 6.39. The van der Waals surface area contributed by atoms with Gasteiger partial charge in [0.15, 0.2) is 5.83 Å². The van der Waals surface area contributed by atoms with E-state index in [1.165, 1.54) is 32.3 Å². The maximum atomic E-state index is 13.3. The largest absolute Gasteiger partial charge is 0.405 e. The van der Waals surface area contributed by atoms with E-state index in [-0.39, 0.29) is 10.8 Å². The molecule has 4 aromatic rings. The van der Waals surface area contributed by atoms with Gasteiger partial charge in [0, 0.05) is 41.8 Å². The predicted molar refractivity (Wildman–Crippen MR) is 164 cm³/mol. The summed E-state index contributed by atoms with van der Waals surface area (Å²) in [5.74, 6) is 2.53. The molecule has 0 atom stereocenters. The van der Waals surface area contributed by atoms with E-state index in [0.717, 1.165) is 0 Å². The molecule has 0 unspecified atom stereocenters. The number of nitrogens with zero attached hydrogens (tertiary/aromatic N) is 3. The van der Waals surface area contributed by atoms with E-state index in [0.29, 0.717) is 50.1 Å². The number of nitrogens with one attached hydrogen (secondary N) is 2. The van der Waals surface area contributed by atoms with Crippen molar-refractivity contribution in [2.45, 2.75) is 32.5 Å². The molecule has 3 aromatic heterocycles. The number of hydrogen-bond acceptors (Lipinski definition) is 6. The van der Waals surface area contributed by atoms with E-state index < -0.39 is 41.7 Å². The van der Waals surface area contributed by atoms with Crippen LogP contribution >= 0.6 is 11.6 Å². The fourth-order valence-corrected chi connectivity index (χ4v) is 4.88. The van der Waals surface area contributed by atoms with E-state index in [9.17, 15) is 32.3 Å². The lowest BCUT2D eigenvalue weighted by atomic mass is 9.96. The first-order chi connectivity index (χ1) is 20.9. The second kappa shape index (κ2) is 12.2. The molecule has 0 fully saturated rings. The number of hydrogen-bond donors (Lipinski definition) is 4. The molecule has 5 N–H and O–H groups in total. The third kappa shape index (κ3) is 7.25. The topological polar surface area (TPSA) is 135 Å². The number of aryl methyl sites for hydroxylation is 2. The summed E-state index contributed by atoms with van der Waals surface area (Å²) in [6.07, 6.45) is -1.90. The Morgan fingerprint density at radius 3 is 2.44 bits per heavy atom. The maximum Gasteiger partial charge on any atom is 0.405 e. The molecule has 0 aliphatic heterocycles. The molecule has 4 rings (SSSR count). The number of alkyl halides is 3. The Morgan fingerprint density at radius 2 is 1.87 bits per heavy atom. The summed E-state index contributed by atoms with van der Waals surface area (Å²) in [5, 5.41) is 14.6. The number of rotatable bonds is 6. The van der Waals surface area contributed by atoms with Gasteiger partial charge in [0.1, 0.15) is 23.7 Å². The number of aliphatic hydroxyl groups is 1. The van der Waals surface area contributed by atoms with Crippen molar-refractivity contribution >= 4 is 45.8 Å². The third-order valence-corrected chi connectivity index (χ3v) is 6.81. The molecule has 234 valence electrons. The van der Waals surface area contributed by atoms with E-state index in [4.69, 9.17) is 17.3 Å². The molecule has 45 heavy (non-hydrogen) atoms. The van der Waals surface area contributed by atoms with Crippen LogP contribution in [0.2, 0.25) is 5.02 Å². The highest BCUT2D eigenvalue weighted by atomic mass is 35.5. The number of anilines is 2.